The number of ether oxygens (including phenoxy) is 1. The summed E-state index contributed by atoms with van der Waals surface area (Å²) in [5.41, 5.74) is 4.52. The summed E-state index contributed by atoms with van der Waals surface area (Å²) in [5.74, 6) is 0.732. The minimum absolute atomic E-state index is 0.109. The molecule has 1 N–H and O–H groups in total. The lowest BCUT2D eigenvalue weighted by Crippen LogP contribution is -2.09. The first-order chi connectivity index (χ1) is 14.0. The number of fused-ring (bicyclic) bond motifs is 1. The van der Waals surface area contributed by atoms with Crippen molar-refractivity contribution in [2.75, 3.05) is 6.26 Å². The first-order valence-electron chi connectivity index (χ1n) is 9.09. The number of aromatic amines is 1. The summed E-state index contributed by atoms with van der Waals surface area (Å²) in [7, 11) is 0. The molecule has 0 aliphatic carbocycles. The molecule has 3 heterocycles. The van der Waals surface area contributed by atoms with Gasteiger partial charge in [0.1, 0.15) is 5.52 Å². The molecule has 1 aromatic carbocycles. The maximum absolute atomic E-state index is 14.4. The van der Waals surface area contributed by atoms with Crippen LogP contribution in [0.2, 0.25) is 0 Å². The quantitative estimate of drug-likeness (QED) is 0.498. The zero-order chi connectivity index (χ0) is 20.5. The third-order valence-electron chi connectivity index (χ3n) is 4.67. The third-order valence-corrected chi connectivity index (χ3v) is 5.29. The van der Waals surface area contributed by atoms with Gasteiger partial charge >= 0.3 is 0 Å². The predicted molar refractivity (Wildman–Crippen MR) is 114 cm³/mol. The molecule has 0 aliphatic rings. The molecule has 0 spiro atoms. The summed E-state index contributed by atoms with van der Waals surface area (Å²) in [6.45, 7) is 3.70. The smallest absolute Gasteiger partial charge is 0.272 e. The number of aromatic nitrogens is 3. The number of nitrogens with one attached hydrogen (secondary N) is 1. The lowest BCUT2D eigenvalue weighted by atomic mass is 10.1. The summed E-state index contributed by atoms with van der Waals surface area (Å²) < 4.78 is 22.1. The van der Waals surface area contributed by atoms with Crippen LogP contribution in [0.3, 0.4) is 0 Å². The molecule has 4 rings (SSSR count). The van der Waals surface area contributed by atoms with Gasteiger partial charge in [0.25, 0.3) is 5.56 Å². The van der Waals surface area contributed by atoms with E-state index in [-0.39, 0.29) is 17.2 Å². The first-order valence-corrected chi connectivity index (χ1v) is 10.5. The summed E-state index contributed by atoms with van der Waals surface area (Å²) in [6, 6.07) is 8.71. The van der Waals surface area contributed by atoms with E-state index in [0.717, 1.165) is 28.1 Å². The average Bonchev–Trinajstić information content (AvgIpc) is 3.03. The van der Waals surface area contributed by atoms with Crippen LogP contribution in [0.1, 0.15) is 16.7 Å². The van der Waals surface area contributed by atoms with Gasteiger partial charge in [0.2, 0.25) is 5.88 Å². The zero-order valence-electron chi connectivity index (χ0n) is 16.3. The maximum Gasteiger partial charge on any atom is 0.272 e. The largest absolute Gasteiger partial charge is 0.435 e. The molecule has 0 saturated heterocycles. The second-order valence-corrected chi connectivity index (χ2v) is 7.75. The van der Waals surface area contributed by atoms with Gasteiger partial charge in [0.15, 0.2) is 11.6 Å². The number of hydrogen-bond donors (Lipinski definition) is 1. The molecule has 0 fully saturated rings. The van der Waals surface area contributed by atoms with E-state index >= 15 is 0 Å². The van der Waals surface area contributed by atoms with Crippen molar-refractivity contribution in [3.63, 3.8) is 0 Å². The highest BCUT2D eigenvalue weighted by Gasteiger charge is 2.18. The van der Waals surface area contributed by atoms with Crippen LogP contribution in [0.25, 0.3) is 16.8 Å². The Kier molecular flexibility index (Phi) is 5.15. The van der Waals surface area contributed by atoms with Gasteiger partial charge < -0.3 is 14.1 Å². The number of pyridine rings is 1. The second kappa shape index (κ2) is 7.75. The van der Waals surface area contributed by atoms with Crippen LogP contribution in [-0.2, 0) is 5.75 Å². The van der Waals surface area contributed by atoms with Crippen LogP contribution in [0, 0.1) is 19.7 Å². The molecule has 29 heavy (non-hydrogen) atoms. The molecule has 0 bridgehead atoms. The molecule has 7 heteroatoms. The monoisotopic (exact) mass is 409 g/mol. The predicted octanol–water partition coefficient (Wildman–Crippen LogP) is 5.10. The van der Waals surface area contributed by atoms with Gasteiger partial charge in [-0.25, -0.2) is 9.37 Å². The van der Waals surface area contributed by atoms with E-state index in [4.69, 9.17) is 4.74 Å². The number of aryl methyl sites for hydroxylation is 2. The van der Waals surface area contributed by atoms with Crippen molar-refractivity contribution in [3.8, 4) is 22.9 Å². The number of thioether (sulfide) groups is 1. The second-order valence-electron chi connectivity index (χ2n) is 6.89. The summed E-state index contributed by atoms with van der Waals surface area (Å²) in [5, 5.41) is 0. The third kappa shape index (κ3) is 3.65. The standard InChI is InChI=1S/C22H20FN3O2S/c1-13-4-5-19(17(23)8-13)28-22-16(10-15(11-25-22)12-29-3)18-9-14(2)20-21(27)24-6-7-26(18)20/h4-11H,12H2,1-3H3,(H,24,27). The van der Waals surface area contributed by atoms with Crippen LogP contribution < -0.4 is 10.3 Å². The number of halogens is 1. The van der Waals surface area contributed by atoms with E-state index in [1.54, 1.807) is 42.5 Å². The van der Waals surface area contributed by atoms with Crippen LogP contribution in [-0.4, -0.2) is 20.6 Å². The number of nitrogens with zero attached hydrogens (tertiary/aromatic N) is 2. The van der Waals surface area contributed by atoms with Crippen LogP contribution in [0.4, 0.5) is 4.39 Å². The molecular formula is C22H20FN3O2S. The van der Waals surface area contributed by atoms with E-state index in [1.807, 2.05) is 36.6 Å². The molecule has 0 saturated carbocycles. The van der Waals surface area contributed by atoms with Gasteiger partial charge in [0, 0.05) is 24.3 Å². The molecule has 0 radical (unpaired) electrons. The van der Waals surface area contributed by atoms with Crippen molar-refractivity contribution < 1.29 is 9.13 Å². The Balaban J connectivity index is 1.91. The number of rotatable bonds is 5. The first kappa shape index (κ1) is 19.3. The van der Waals surface area contributed by atoms with Gasteiger partial charge in [-0.15, -0.1) is 0 Å². The highest BCUT2D eigenvalue weighted by Crippen LogP contribution is 2.35. The molecule has 4 aromatic rings. The minimum atomic E-state index is -0.446. The fraction of sp³-hybridized carbons (Fsp3) is 0.182. The van der Waals surface area contributed by atoms with Crippen molar-refractivity contribution in [3.05, 3.63) is 81.8 Å². The Bertz CT molecular complexity index is 1260. The van der Waals surface area contributed by atoms with E-state index in [0.29, 0.717) is 11.1 Å². The SMILES string of the molecule is CSCc1cnc(Oc2ccc(C)cc2F)c(-c2cc(C)c3c(=O)[nH]ccn23)c1. The molecule has 0 atom stereocenters. The van der Waals surface area contributed by atoms with Crippen molar-refractivity contribution in [2.45, 2.75) is 19.6 Å². The molecule has 0 unspecified atom stereocenters. The topological polar surface area (TPSA) is 59.4 Å². The van der Waals surface area contributed by atoms with E-state index in [9.17, 15) is 9.18 Å². The van der Waals surface area contributed by atoms with Crippen molar-refractivity contribution in [1.29, 1.82) is 0 Å². The average molecular weight is 409 g/mol. The van der Waals surface area contributed by atoms with Crippen LogP contribution >= 0.6 is 11.8 Å². The lowest BCUT2D eigenvalue weighted by molar-refractivity contribution is 0.428. The number of H-pyrrole nitrogens is 1. The van der Waals surface area contributed by atoms with Gasteiger partial charge in [-0.05, 0) is 61.1 Å². The van der Waals surface area contributed by atoms with E-state index in [1.165, 1.54) is 6.07 Å². The van der Waals surface area contributed by atoms with E-state index < -0.39 is 5.82 Å². The van der Waals surface area contributed by atoms with Gasteiger partial charge in [-0.1, -0.05) is 6.07 Å². The summed E-state index contributed by atoms with van der Waals surface area (Å²) in [6.07, 6.45) is 7.13. The van der Waals surface area contributed by atoms with Crippen molar-refractivity contribution >= 4 is 17.3 Å². The Morgan fingerprint density at radius 3 is 2.83 bits per heavy atom. The Labute approximate surface area is 171 Å². The number of benzene rings is 1. The van der Waals surface area contributed by atoms with Gasteiger partial charge in [-0.3, -0.25) is 4.79 Å². The van der Waals surface area contributed by atoms with E-state index in [2.05, 4.69) is 9.97 Å². The fourth-order valence-corrected chi connectivity index (χ4v) is 3.85. The fourth-order valence-electron chi connectivity index (χ4n) is 3.36. The van der Waals surface area contributed by atoms with Crippen LogP contribution in [0.5, 0.6) is 11.6 Å². The molecule has 0 aliphatic heterocycles. The van der Waals surface area contributed by atoms with Gasteiger partial charge in [0.05, 0.1) is 11.3 Å². The Morgan fingerprint density at radius 2 is 2.07 bits per heavy atom. The zero-order valence-corrected chi connectivity index (χ0v) is 17.1. The highest BCUT2D eigenvalue weighted by atomic mass is 32.2. The molecule has 5 nitrogen and oxygen atoms in total. The number of hydrogen-bond acceptors (Lipinski definition) is 4. The minimum Gasteiger partial charge on any atom is -0.435 e. The molecule has 3 aromatic heterocycles. The summed E-state index contributed by atoms with van der Waals surface area (Å²) in [4.78, 5) is 19.5. The molecule has 148 valence electrons. The molecular weight excluding hydrogens is 389 g/mol. The van der Waals surface area contributed by atoms with Gasteiger partial charge in [-0.2, -0.15) is 11.8 Å². The van der Waals surface area contributed by atoms with Crippen LogP contribution in [0.15, 0.2) is 53.7 Å². The highest BCUT2D eigenvalue weighted by molar-refractivity contribution is 7.97. The lowest BCUT2D eigenvalue weighted by Gasteiger charge is -2.13. The van der Waals surface area contributed by atoms with Crippen molar-refractivity contribution in [2.24, 2.45) is 0 Å². The Morgan fingerprint density at radius 1 is 1.24 bits per heavy atom. The normalized spacial score (nSPS) is 11.2. The summed E-state index contributed by atoms with van der Waals surface area (Å²) >= 11 is 1.68. The Hall–Kier alpha value is -3.06. The maximum atomic E-state index is 14.4. The van der Waals surface area contributed by atoms with Crippen molar-refractivity contribution in [1.82, 2.24) is 14.4 Å². The molecule has 0 amide bonds.